The molecule has 6 nitrogen and oxygen atoms in total. The lowest BCUT2D eigenvalue weighted by atomic mass is 10.1. The summed E-state index contributed by atoms with van der Waals surface area (Å²) < 4.78 is 5.40. The van der Waals surface area contributed by atoms with E-state index in [4.69, 9.17) is 4.52 Å². The lowest BCUT2D eigenvalue weighted by Gasteiger charge is -2.46. The van der Waals surface area contributed by atoms with Crippen LogP contribution in [-0.2, 0) is 4.52 Å². The van der Waals surface area contributed by atoms with Gasteiger partial charge in [0.15, 0.2) is 0 Å². The van der Waals surface area contributed by atoms with Crippen molar-refractivity contribution in [3.63, 3.8) is 0 Å². The Balaban J connectivity index is 5.82. The molecule has 0 aliphatic heterocycles. The van der Waals surface area contributed by atoms with Gasteiger partial charge in [0.25, 0.3) is 0 Å². The zero-order valence-corrected chi connectivity index (χ0v) is 16.0. The van der Waals surface area contributed by atoms with Crippen LogP contribution in [0, 0.1) is 11.3 Å². The molecule has 22 heavy (non-hydrogen) atoms. The van der Waals surface area contributed by atoms with Crippen LogP contribution in [0.3, 0.4) is 0 Å². The normalized spacial score (nSPS) is 15.6. The Morgan fingerprint density at radius 1 is 0.955 bits per heavy atom. The molecule has 0 spiro atoms. The molecule has 2 N–H and O–H groups in total. The molecule has 0 bridgehead atoms. The van der Waals surface area contributed by atoms with E-state index in [0.29, 0.717) is 0 Å². The Morgan fingerprint density at radius 2 is 1.36 bits per heavy atom. The summed E-state index contributed by atoms with van der Waals surface area (Å²) in [5.41, 5.74) is -1.40. The van der Waals surface area contributed by atoms with Gasteiger partial charge in [-0.2, -0.15) is 5.26 Å². The number of nitrogens with zero attached hydrogens (tertiary/aromatic N) is 3. The van der Waals surface area contributed by atoms with Gasteiger partial charge in [0.1, 0.15) is 6.07 Å². The third-order valence-electron chi connectivity index (χ3n) is 3.66. The van der Waals surface area contributed by atoms with Crippen LogP contribution < -0.4 is 0 Å². The number of hydrogen-bond donors (Lipinski definition) is 2. The van der Waals surface area contributed by atoms with Crippen molar-refractivity contribution < 1.29 is 14.3 Å². The van der Waals surface area contributed by atoms with Crippen LogP contribution in [-0.4, -0.2) is 56.0 Å². The fraction of sp³-hybridized carbons (Fsp3) is 0.933. The first-order valence-corrected chi connectivity index (χ1v) is 8.97. The summed E-state index contributed by atoms with van der Waals surface area (Å²) in [5, 5.41) is 9.85. The fourth-order valence-electron chi connectivity index (χ4n) is 3.05. The van der Waals surface area contributed by atoms with Crippen molar-refractivity contribution in [2.45, 2.75) is 85.3 Å². The lowest BCUT2D eigenvalue weighted by molar-refractivity contribution is -0.106. The van der Waals surface area contributed by atoms with Gasteiger partial charge in [-0.05, 0) is 55.4 Å². The molecular weight excluding hydrogens is 301 g/mol. The monoisotopic (exact) mass is 333 g/mol. The highest BCUT2D eigenvalue weighted by Crippen LogP contribution is 2.37. The van der Waals surface area contributed by atoms with E-state index in [9.17, 15) is 15.0 Å². The van der Waals surface area contributed by atoms with Crippen LogP contribution in [0.5, 0.6) is 0 Å². The Bertz CT molecular complexity index is 354. The molecule has 0 radical (unpaired) electrons. The van der Waals surface area contributed by atoms with Crippen molar-refractivity contribution in [1.29, 1.82) is 5.26 Å². The third-order valence-corrected chi connectivity index (χ3v) is 4.13. The quantitative estimate of drug-likeness (QED) is 0.499. The second kappa shape index (κ2) is 9.12. The van der Waals surface area contributed by atoms with Gasteiger partial charge >= 0.3 is 8.60 Å². The number of rotatable bonds is 9. The molecular formula is C15H32N3O3P. The predicted octanol–water partition coefficient (Wildman–Crippen LogP) is 2.67. The maximum atomic E-state index is 9.85. The Kier molecular flexibility index (Phi) is 9.01. The van der Waals surface area contributed by atoms with Gasteiger partial charge in [0.2, 0.25) is 5.72 Å². The van der Waals surface area contributed by atoms with E-state index >= 15 is 0 Å². The van der Waals surface area contributed by atoms with Gasteiger partial charge in [-0.15, -0.1) is 0 Å². The molecule has 0 fully saturated rings. The molecule has 0 aromatic rings. The summed E-state index contributed by atoms with van der Waals surface area (Å²) in [7, 11) is -2.64. The second-order valence-corrected chi connectivity index (χ2v) is 7.38. The Hall–Kier alpha value is -0.280. The molecule has 130 valence electrons. The maximum Gasteiger partial charge on any atom is 0.329 e. The van der Waals surface area contributed by atoms with Crippen molar-refractivity contribution >= 4 is 8.60 Å². The second-order valence-electron chi connectivity index (χ2n) is 6.69. The Morgan fingerprint density at radius 3 is 1.59 bits per heavy atom. The molecule has 0 aromatic heterocycles. The van der Waals surface area contributed by atoms with Crippen molar-refractivity contribution in [2.24, 2.45) is 0 Å². The number of hydrogen-bond acceptors (Lipinski definition) is 6. The van der Waals surface area contributed by atoms with Crippen LogP contribution in [0.1, 0.15) is 55.4 Å². The lowest BCUT2D eigenvalue weighted by Crippen LogP contribution is -2.62. The highest BCUT2D eigenvalue weighted by atomic mass is 31.2. The van der Waals surface area contributed by atoms with Gasteiger partial charge in [-0.1, -0.05) is 0 Å². The van der Waals surface area contributed by atoms with E-state index in [0.717, 1.165) is 0 Å². The molecule has 1 atom stereocenters. The molecule has 1 unspecified atom stereocenters. The SMILES string of the molecule is CC(C)N(CC(C#N)(OP(O)O)N(C(C)C)C(C)C)C(C)C. The van der Waals surface area contributed by atoms with Crippen LogP contribution >= 0.6 is 8.60 Å². The first kappa shape index (κ1) is 21.7. The highest BCUT2D eigenvalue weighted by Gasteiger charge is 2.45. The smallest absolute Gasteiger partial charge is 0.328 e. The van der Waals surface area contributed by atoms with E-state index in [1.54, 1.807) is 0 Å². The first-order valence-electron chi connectivity index (χ1n) is 7.81. The average Bonchev–Trinajstić information content (AvgIpc) is 2.32. The standard InChI is InChI=1S/C15H32N3O3P/c1-11(2)17(12(3)4)10-15(9-16,21-22(19)20)18(13(5)6)14(7)8/h11-14,19-20H,10H2,1-8H3. The van der Waals surface area contributed by atoms with Crippen LogP contribution in [0.25, 0.3) is 0 Å². The molecule has 0 rings (SSSR count). The summed E-state index contributed by atoms with van der Waals surface area (Å²) in [4.78, 5) is 22.9. The summed E-state index contributed by atoms with van der Waals surface area (Å²) in [6.07, 6.45) is 0. The predicted molar refractivity (Wildman–Crippen MR) is 89.9 cm³/mol. The van der Waals surface area contributed by atoms with Crippen molar-refractivity contribution in [3.8, 4) is 6.07 Å². The highest BCUT2D eigenvalue weighted by molar-refractivity contribution is 7.39. The molecule has 0 saturated carbocycles. The Labute approximate surface area is 136 Å². The minimum absolute atomic E-state index is 0.0239. The third kappa shape index (κ3) is 5.73. The van der Waals surface area contributed by atoms with Gasteiger partial charge in [-0.25, -0.2) is 0 Å². The average molecular weight is 333 g/mol. The summed E-state index contributed by atoms with van der Waals surface area (Å²) in [6.45, 7) is 16.4. The van der Waals surface area contributed by atoms with Gasteiger partial charge in [0.05, 0.1) is 6.54 Å². The van der Waals surface area contributed by atoms with Crippen molar-refractivity contribution in [1.82, 2.24) is 9.80 Å². The fourth-order valence-corrected chi connectivity index (χ4v) is 3.51. The zero-order valence-electron chi connectivity index (χ0n) is 15.1. The van der Waals surface area contributed by atoms with E-state index in [1.807, 2.05) is 32.6 Å². The molecule has 0 aliphatic carbocycles. The summed E-state index contributed by atoms with van der Waals surface area (Å²) >= 11 is 0. The maximum absolute atomic E-state index is 9.85. The van der Waals surface area contributed by atoms with E-state index < -0.39 is 14.3 Å². The van der Waals surface area contributed by atoms with Crippen molar-refractivity contribution in [3.05, 3.63) is 0 Å². The van der Waals surface area contributed by atoms with E-state index in [-0.39, 0.29) is 30.7 Å². The molecule has 0 heterocycles. The topological polar surface area (TPSA) is 80.0 Å². The zero-order chi connectivity index (χ0) is 17.7. The molecule has 7 heteroatoms. The molecule has 0 aromatic carbocycles. The minimum atomic E-state index is -2.64. The first-order chi connectivity index (χ1) is 9.98. The van der Waals surface area contributed by atoms with Gasteiger partial charge in [-0.3, -0.25) is 14.3 Å². The van der Waals surface area contributed by atoms with Crippen molar-refractivity contribution in [2.75, 3.05) is 6.54 Å². The van der Waals surface area contributed by atoms with Crippen LogP contribution in [0.4, 0.5) is 0 Å². The van der Waals surface area contributed by atoms with Crippen LogP contribution in [0.2, 0.25) is 0 Å². The molecule has 0 aliphatic rings. The minimum Gasteiger partial charge on any atom is -0.328 e. The number of nitriles is 1. The molecule has 0 amide bonds. The summed E-state index contributed by atoms with van der Waals surface area (Å²) in [6, 6.07) is 2.67. The van der Waals surface area contributed by atoms with Crippen LogP contribution in [0.15, 0.2) is 0 Å². The van der Waals surface area contributed by atoms with Gasteiger partial charge in [0, 0.05) is 24.2 Å². The summed E-state index contributed by atoms with van der Waals surface area (Å²) in [5.74, 6) is 0. The van der Waals surface area contributed by atoms with E-state index in [1.165, 1.54) is 0 Å². The van der Waals surface area contributed by atoms with Gasteiger partial charge < -0.3 is 9.79 Å². The van der Waals surface area contributed by atoms with E-state index in [2.05, 4.69) is 38.7 Å². The molecule has 0 saturated heterocycles. The largest absolute Gasteiger partial charge is 0.329 e.